The van der Waals surface area contributed by atoms with Crippen molar-refractivity contribution in [3.05, 3.63) is 60.2 Å². The lowest BCUT2D eigenvalue weighted by Gasteiger charge is -2.11. The molecule has 0 heterocycles. The first-order valence-electron chi connectivity index (χ1n) is 7.76. The zero-order valence-corrected chi connectivity index (χ0v) is 13.4. The summed E-state index contributed by atoms with van der Waals surface area (Å²) < 4.78 is 0. The molecule has 2 rings (SSSR count). The topological polar surface area (TPSA) is 32.3 Å². The highest BCUT2D eigenvalue weighted by molar-refractivity contribution is 6.00. The van der Waals surface area contributed by atoms with Crippen molar-refractivity contribution < 1.29 is 4.79 Å². The van der Waals surface area contributed by atoms with Crippen LogP contribution < -0.4 is 5.32 Å². The average Bonchev–Trinajstić information content (AvgIpc) is 2.55. The highest BCUT2D eigenvalue weighted by Gasteiger charge is 2.11. The minimum absolute atomic E-state index is 0.00399. The predicted octanol–water partition coefficient (Wildman–Crippen LogP) is 3.43. The van der Waals surface area contributed by atoms with Gasteiger partial charge in [0.25, 0.3) is 5.91 Å². The number of amides is 1. The number of carbonyl (C=O) groups is 1. The van der Waals surface area contributed by atoms with Crippen molar-refractivity contribution in [1.82, 2.24) is 10.2 Å². The average molecular weight is 296 g/mol. The number of hydrogen-bond donors (Lipinski definition) is 1. The van der Waals surface area contributed by atoms with Gasteiger partial charge < -0.3 is 10.2 Å². The van der Waals surface area contributed by atoms with Crippen LogP contribution in [0.3, 0.4) is 0 Å². The van der Waals surface area contributed by atoms with Gasteiger partial charge in [-0.3, -0.25) is 4.79 Å². The molecule has 0 saturated carbocycles. The van der Waals surface area contributed by atoms with Gasteiger partial charge in [0.2, 0.25) is 0 Å². The second kappa shape index (κ2) is 8.35. The fourth-order valence-corrected chi connectivity index (χ4v) is 2.40. The van der Waals surface area contributed by atoms with Crippen molar-refractivity contribution in [2.45, 2.75) is 12.8 Å². The predicted molar refractivity (Wildman–Crippen MR) is 92.0 cm³/mol. The zero-order chi connectivity index (χ0) is 15.8. The van der Waals surface area contributed by atoms with Gasteiger partial charge >= 0.3 is 0 Å². The third-order valence-electron chi connectivity index (χ3n) is 3.57. The number of nitrogens with zero attached hydrogens (tertiary/aromatic N) is 1. The first-order valence-corrected chi connectivity index (χ1v) is 7.76. The van der Waals surface area contributed by atoms with Crippen molar-refractivity contribution in [1.29, 1.82) is 0 Å². The molecule has 0 aliphatic heterocycles. The molecule has 2 aromatic carbocycles. The molecule has 0 atom stereocenters. The van der Waals surface area contributed by atoms with Crippen molar-refractivity contribution in [3.8, 4) is 11.1 Å². The summed E-state index contributed by atoms with van der Waals surface area (Å²) in [5.74, 6) is 0.00399. The zero-order valence-electron chi connectivity index (χ0n) is 13.4. The van der Waals surface area contributed by atoms with E-state index in [1.165, 1.54) is 0 Å². The monoisotopic (exact) mass is 296 g/mol. The van der Waals surface area contributed by atoms with Gasteiger partial charge in [0.05, 0.1) is 0 Å². The van der Waals surface area contributed by atoms with E-state index in [0.717, 1.165) is 42.6 Å². The maximum absolute atomic E-state index is 12.4. The molecule has 0 aromatic heterocycles. The highest BCUT2D eigenvalue weighted by atomic mass is 16.1. The van der Waals surface area contributed by atoms with E-state index in [0.29, 0.717) is 0 Å². The Kier molecular flexibility index (Phi) is 6.16. The number of unbranched alkanes of at least 4 members (excludes halogenated alkanes) is 1. The molecule has 3 nitrogen and oxygen atoms in total. The summed E-state index contributed by atoms with van der Waals surface area (Å²) in [4.78, 5) is 14.6. The SMILES string of the molecule is CN(C)CCCCNC(=O)c1ccccc1-c1ccccc1. The Hall–Kier alpha value is -2.13. The summed E-state index contributed by atoms with van der Waals surface area (Å²) in [5, 5.41) is 3.03. The normalized spacial score (nSPS) is 10.7. The smallest absolute Gasteiger partial charge is 0.251 e. The van der Waals surface area contributed by atoms with Crippen LogP contribution >= 0.6 is 0 Å². The van der Waals surface area contributed by atoms with E-state index in [1.807, 2.05) is 54.6 Å². The lowest BCUT2D eigenvalue weighted by Crippen LogP contribution is -2.25. The molecule has 2 aromatic rings. The minimum Gasteiger partial charge on any atom is -0.352 e. The van der Waals surface area contributed by atoms with Crippen LogP contribution in [0.15, 0.2) is 54.6 Å². The fraction of sp³-hybridized carbons (Fsp3) is 0.316. The number of hydrogen-bond acceptors (Lipinski definition) is 2. The van der Waals surface area contributed by atoms with E-state index in [2.05, 4.69) is 24.3 Å². The Balaban J connectivity index is 1.99. The maximum Gasteiger partial charge on any atom is 0.251 e. The van der Waals surface area contributed by atoms with Gasteiger partial charge in [-0.05, 0) is 50.7 Å². The van der Waals surface area contributed by atoms with Gasteiger partial charge in [-0.1, -0.05) is 48.5 Å². The Morgan fingerprint density at radius 1 is 0.955 bits per heavy atom. The van der Waals surface area contributed by atoms with Crippen molar-refractivity contribution in [2.75, 3.05) is 27.2 Å². The van der Waals surface area contributed by atoms with Gasteiger partial charge in [-0.2, -0.15) is 0 Å². The van der Waals surface area contributed by atoms with Crippen molar-refractivity contribution in [2.24, 2.45) is 0 Å². The quantitative estimate of drug-likeness (QED) is 0.794. The van der Waals surface area contributed by atoms with Crippen molar-refractivity contribution in [3.63, 3.8) is 0 Å². The summed E-state index contributed by atoms with van der Waals surface area (Å²) >= 11 is 0. The fourth-order valence-electron chi connectivity index (χ4n) is 2.40. The second-order valence-electron chi connectivity index (χ2n) is 5.68. The van der Waals surface area contributed by atoms with Crippen LogP contribution in [0.5, 0.6) is 0 Å². The Morgan fingerprint density at radius 2 is 1.64 bits per heavy atom. The van der Waals surface area contributed by atoms with E-state index in [4.69, 9.17) is 0 Å². The maximum atomic E-state index is 12.4. The van der Waals surface area contributed by atoms with E-state index >= 15 is 0 Å². The molecule has 0 aliphatic rings. The third-order valence-corrected chi connectivity index (χ3v) is 3.57. The molecule has 0 radical (unpaired) electrons. The van der Waals surface area contributed by atoms with Crippen LogP contribution in [-0.4, -0.2) is 38.0 Å². The van der Waals surface area contributed by atoms with Crippen LogP contribution in [0.4, 0.5) is 0 Å². The summed E-state index contributed by atoms with van der Waals surface area (Å²) in [7, 11) is 4.13. The van der Waals surface area contributed by atoms with E-state index in [-0.39, 0.29) is 5.91 Å². The molecule has 0 saturated heterocycles. The van der Waals surface area contributed by atoms with Crippen LogP contribution in [-0.2, 0) is 0 Å². The van der Waals surface area contributed by atoms with Gasteiger partial charge in [0, 0.05) is 12.1 Å². The van der Waals surface area contributed by atoms with Gasteiger partial charge in [0.15, 0.2) is 0 Å². The molecule has 3 heteroatoms. The Morgan fingerprint density at radius 3 is 2.36 bits per heavy atom. The largest absolute Gasteiger partial charge is 0.352 e. The minimum atomic E-state index is 0.00399. The molecular weight excluding hydrogens is 272 g/mol. The lowest BCUT2D eigenvalue weighted by atomic mass is 9.99. The lowest BCUT2D eigenvalue weighted by molar-refractivity contribution is 0.0953. The number of benzene rings is 2. The molecule has 0 fully saturated rings. The van der Waals surface area contributed by atoms with E-state index in [1.54, 1.807) is 0 Å². The van der Waals surface area contributed by atoms with Gasteiger partial charge in [-0.15, -0.1) is 0 Å². The van der Waals surface area contributed by atoms with Gasteiger partial charge in [-0.25, -0.2) is 0 Å². The number of nitrogens with one attached hydrogen (secondary N) is 1. The highest BCUT2D eigenvalue weighted by Crippen LogP contribution is 2.23. The first kappa shape index (κ1) is 16.2. The van der Waals surface area contributed by atoms with Crippen LogP contribution in [0.2, 0.25) is 0 Å². The summed E-state index contributed by atoms with van der Waals surface area (Å²) in [6.07, 6.45) is 2.09. The Labute approximate surface area is 133 Å². The second-order valence-corrected chi connectivity index (χ2v) is 5.68. The molecule has 0 spiro atoms. The third kappa shape index (κ3) is 4.71. The van der Waals surface area contributed by atoms with Gasteiger partial charge in [0.1, 0.15) is 0 Å². The molecule has 0 unspecified atom stereocenters. The van der Waals surface area contributed by atoms with Crippen LogP contribution in [0.1, 0.15) is 23.2 Å². The van der Waals surface area contributed by atoms with Crippen molar-refractivity contribution >= 4 is 5.91 Å². The molecular formula is C19H24N2O. The van der Waals surface area contributed by atoms with Crippen LogP contribution in [0.25, 0.3) is 11.1 Å². The molecule has 0 aliphatic carbocycles. The first-order chi connectivity index (χ1) is 10.7. The summed E-state index contributed by atoms with van der Waals surface area (Å²) in [6.45, 7) is 1.77. The molecule has 1 amide bonds. The molecule has 1 N–H and O–H groups in total. The molecule has 116 valence electrons. The number of carbonyl (C=O) groups excluding carboxylic acids is 1. The molecule has 22 heavy (non-hydrogen) atoms. The summed E-state index contributed by atoms with van der Waals surface area (Å²) in [5.41, 5.74) is 2.79. The molecule has 0 bridgehead atoms. The summed E-state index contributed by atoms with van der Waals surface area (Å²) in [6, 6.07) is 17.8. The Bertz CT molecular complexity index is 593. The van der Waals surface area contributed by atoms with E-state index in [9.17, 15) is 4.79 Å². The van der Waals surface area contributed by atoms with Crippen LogP contribution in [0, 0.1) is 0 Å². The number of rotatable bonds is 7. The standard InChI is InChI=1S/C19H24N2O/c1-21(2)15-9-8-14-20-19(22)18-13-7-6-12-17(18)16-10-4-3-5-11-16/h3-7,10-13H,8-9,14-15H2,1-2H3,(H,20,22). The van der Waals surface area contributed by atoms with E-state index < -0.39 is 0 Å².